The zero-order chi connectivity index (χ0) is 47.7. The Morgan fingerprint density at radius 3 is 0.851 bits per heavy atom. The first-order valence-corrected chi connectivity index (χ1v) is 25.1. The molecule has 14 aliphatic rings. The molecule has 0 saturated heterocycles. The van der Waals surface area contributed by atoms with Gasteiger partial charge in [0.05, 0.1) is 78.9 Å². The Morgan fingerprint density at radius 1 is 0.257 bits per heavy atom. The van der Waals surface area contributed by atoms with Crippen molar-refractivity contribution in [2.24, 2.45) is 0 Å². The highest BCUT2D eigenvalue weighted by Gasteiger charge is 2.21. The second kappa shape index (κ2) is 13.0. The predicted octanol–water partition coefficient (Wildman–Crippen LogP) is 15.1. The van der Waals surface area contributed by atoms with E-state index in [1.54, 1.807) is 0 Å². The van der Waals surface area contributed by atoms with E-state index in [0.717, 1.165) is 133 Å². The lowest BCUT2D eigenvalue weighted by atomic mass is 10.1. The Bertz CT molecular complexity index is 5010. The van der Waals surface area contributed by atoms with Crippen molar-refractivity contribution in [1.29, 1.82) is 0 Å². The summed E-state index contributed by atoms with van der Waals surface area (Å²) in [5, 5.41) is 11.6. The molecule has 14 aliphatic heterocycles. The van der Waals surface area contributed by atoms with Crippen molar-refractivity contribution in [3.8, 4) is 23.0 Å². The summed E-state index contributed by atoms with van der Waals surface area (Å²) in [7, 11) is 0. The first kappa shape index (κ1) is 37.5. The molecule has 32 rings (SSSR count). The number of hydrogen-bond donors (Lipinski definition) is 0. The summed E-state index contributed by atoms with van der Waals surface area (Å²) in [4.78, 5) is 10.6. The second-order valence-corrected chi connectivity index (χ2v) is 20.2. The van der Waals surface area contributed by atoms with E-state index >= 15 is 0 Å². The monoisotopic (exact) mass is 944 g/mol. The van der Waals surface area contributed by atoms with Crippen molar-refractivity contribution >= 4 is 131 Å². The summed E-state index contributed by atoms with van der Waals surface area (Å²) in [6, 6.07) is 63.3. The number of benzene rings is 7. The molecule has 0 atom stereocenters. The van der Waals surface area contributed by atoms with Crippen LogP contribution in [0.1, 0.15) is 0 Å². The first-order chi connectivity index (χ1) is 36.6. The molecule has 7 aromatic carbocycles. The quantitative estimate of drug-likeness (QED) is 0.152. The maximum Gasteiger partial charge on any atom is 0.137 e. The van der Waals surface area contributed by atoms with Gasteiger partial charge in [0.25, 0.3) is 0 Å². The summed E-state index contributed by atoms with van der Waals surface area (Å²) < 4.78 is 18.7. The predicted molar refractivity (Wildman–Crippen MR) is 301 cm³/mol. The molecule has 0 radical (unpaired) electrons. The Balaban J connectivity index is 1.06. The molecule has 0 saturated carbocycles. The maximum atomic E-state index is 5.32. The minimum absolute atomic E-state index is 0.848. The van der Waals surface area contributed by atoms with E-state index < -0.39 is 0 Å². The largest absolute Gasteiger partial charge is 0.315 e. The third-order valence-electron chi connectivity index (χ3n) is 16.6. The number of aromatic nitrogens is 10. The summed E-state index contributed by atoms with van der Waals surface area (Å²) in [5.74, 6) is 1.70. The maximum absolute atomic E-state index is 5.32. The molecule has 74 heavy (non-hydrogen) atoms. The van der Waals surface area contributed by atoms with E-state index in [0.29, 0.717) is 0 Å². The van der Waals surface area contributed by atoms with Gasteiger partial charge in [0.1, 0.15) is 11.6 Å². The van der Waals surface area contributed by atoms with E-state index in [-0.39, 0.29) is 0 Å². The van der Waals surface area contributed by atoms with Crippen molar-refractivity contribution in [3.63, 3.8) is 0 Å². The SMILES string of the molecule is c1cc2ncc1-n1ccc3ccc4ccn(c4c31)-c1ccc(nc1)-n1c3ccc4cc3c3cc(ccc31)n1ccc3ccc5ccn(c6ccc7c(c6)c6cc(ccc6n7-2)n2ccc6ccc7ccn4c7c62)c5c31. The standard InChI is InChI=1S/C64H36N10/c1-2-38-20-26-68-44-8-14-54-50(32-44)52-34-46-10-16-56(52)74(54)58-18-12-48(36-66-58)72-30-24-42-6-5-41-23-29-71(63(41)64(42)72)47-11-17-57(65-35-47)73-53-13-7-43(67-25-19-37(1)59(67)60(38)68)31-49(53)51-33-45(9-15-55(51)73)69-27-21-39-3-4-40-22-28-70(46)62(40)61(39)69/h1-36H. The zero-order valence-electron chi connectivity index (χ0n) is 39.3. The Kier molecular flexibility index (Phi) is 6.56. The second-order valence-electron chi connectivity index (χ2n) is 20.2. The minimum Gasteiger partial charge on any atom is -0.315 e. The molecule has 25 heterocycles. The Labute approximate surface area is 417 Å². The molecule has 18 bridgehead atoms. The molecule has 18 aromatic rings. The lowest BCUT2D eigenvalue weighted by Gasteiger charge is -2.13. The van der Waals surface area contributed by atoms with Crippen molar-refractivity contribution in [1.82, 2.24) is 45.8 Å². The molecular weight excluding hydrogens is 909 g/mol. The highest BCUT2D eigenvalue weighted by molar-refractivity contribution is 6.15. The lowest BCUT2D eigenvalue weighted by molar-refractivity contribution is 1.03. The van der Waals surface area contributed by atoms with Gasteiger partial charge in [0.15, 0.2) is 0 Å². The zero-order valence-corrected chi connectivity index (χ0v) is 39.3. The van der Waals surface area contributed by atoms with Gasteiger partial charge in [-0.2, -0.15) is 0 Å². The van der Waals surface area contributed by atoms with E-state index in [4.69, 9.17) is 9.97 Å². The fourth-order valence-electron chi connectivity index (χ4n) is 13.2. The van der Waals surface area contributed by atoms with Crippen LogP contribution < -0.4 is 0 Å². The van der Waals surface area contributed by atoms with E-state index in [1.807, 2.05) is 12.4 Å². The topological polar surface area (TPSA) is 63.1 Å². The summed E-state index contributed by atoms with van der Waals surface area (Å²) in [6.45, 7) is 0. The van der Waals surface area contributed by atoms with Gasteiger partial charge in [-0.1, -0.05) is 36.4 Å². The van der Waals surface area contributed by atoms with Gasteiger partial charge in [-0.05, 0) is 133 Å². The number of pyridine rings is 2. The smallest absolute Gasteiger partial charge is 0.137 e. The molecule has 0 fully saturated rings. The average Bonchev–Trinajstić information content (AvgIpc) is 4.32. The third kappa shape index (κ3) is 4.58. The molecule has 10 heteroatoms. The van der Waals surface area contributed by atoms with E-state index in [2.05, 4.69) is 243 Å². The number of rotatable bonds is 0. The van der Waals surface area contributed by atoms with Gasteiger partial charge in [0.2, 0.25) is 0 Å². The third-order valence-corrected chi connectivity index (χ3v) is 16.6. The summed E-state index contributed by atoms with van der Waals surface area (Å²) in [6.07, 6.45) is 17.3. The van der Waals surface area contributed by atoms with Gasteiger partial charge >= 0.3 is 0 Å². The van der Waals surface area contributed by atoms with Gasteiger partial charge in [0, 0.05) is 113 Å². The van der Waals surface area contributed by atoms with Crippen molar-refractivity contribution < 1.29 is 0 Å². The highest BCUT2D eigenvalue weighted by atomic mass is 15.1. The fraction of sp³-hybridized carbons (Fsp3) is 0. The molecule has 0 aliphatic carbocycles. The fourth-order valence-corrected chi connectivity index (χ4v) is 13.2. The van der Waals surface area contributed by atoms with Gasteiger partial charge in [-0.25, -0.2) is 9.97 Å². The van der Waals surface area contributed by atoms with Gasteiger partial charge in [-0.3, -0.25) is 9.13 Å². The van der Waals surface area contributed by atoms with Gasteiger partial charge < -0.3 is 26.7 Å². The summed E-state index contributed by atoms with van der Waals surface area (Å²) in [5.41, 5.74) is 17.5. The van der Waals surface area contributed by atoms with E-state index in [9.17, 15) is 0 Å². The Morgan fingerprint density at radius 2 is 0.554 bits per heavy atom. The molecule has 0 unspecified atom stereocenters. The van der Waals surface area contributed by atoms with Crippen LogP contribution in [0.25, 0.3) is 154 Å². The number of nitrogens with zero attached hydrogens (tertiary/aromatic N) is 10. The number of hydrogen-bond acceptors (Lipinski definition) is 2. The van der Waals surface area contributed by atoms with E-state index in [1.165, 1.54) is 21.5 Å². The van der Waals surface area contributed by atoms with Crippen LogP contribution in [0.15, 0.2) is 219 Å². The minimum atomic E-state index is 0.848. The van der Waals surface area contributed by atoms with Crippen LogP contribution in [0, 0.1) is 0 Å². The van der Waals surface area contributed by atoms with Crippen LogP contribution in [0.3, 0.4) is 0 Å². The molecule has 10 nitrogen and oxygen atoms in total. The van der Waals surface area contributed by atoms with Crippen LogP contribution in [0.2, 0.25) is 0 Å². The van der Waals surface area contributed by atoms with Crippen LogP contribution in [-0.4, -0.2) is 45.8 Å². The Hall–Kier alpha value is -10.3. The van der Waals surface area contributed by atoms with Crippen molar-refractivity contribution in [2.75, 3.05) is 0 Å². The molecule has 0 spiro atoms. The van der Waals surface area contributed by atoms with Crippen LogP contribution in [0.5, 0.6) is 0 Å². The average molecular weight is 945 g/mol. The van der Waals surface area contributed by atoms with Crippen molar-refractivity contribution in [3.05, 3.63) is 219 Å². The molecule has 0 N–H and O–H groups in total. The van der Waals surface area contributed by atoms with Gasteiger partial charge in [-0.15, -0.1) is 0 Å². The summed E-state index contributed by atoms with van der Waals surface area (Å²) >= 11 is 0. The molecule has 342 valence electrons. The lowest BCUT2D eigenvalue weighted by Crippen LogP contribution is -2.02. The molecular formula is C64H36N10. The molecule has 11 aromatic heterocycles. The van der Waals surface area contributed by atoms with Crippen LogP contribution in [-0.2, 0) is 0 Å². The normalized spacial score (nSPS) is 12.9. The first-order valence-electron chi connectivity index (χ1n) is 25.1. The molecule has 0 amide bonds. The van der Waals surface area contributed by atoms with Crippen LogP contribution >= 0.6 is 0 Å². The van der Waals surface area contributed by atoms with Crippen LogP contribution in [0.4, 0.5) is 0 Å². The van der Waals surface area contributed by atoms with Crippen molar-refractivity contribution in [2.45, 2.75) is 0 Å². The highest BCUT2D eigenvalue weighted by Crippen LogP contribution is 2.40.